The van der Waals surface area contributed by atoms with Crippen LogP contribution in [0.4, 0.5) is 11.4 Å². The maximum atomic E-state index is 12.4. The molecule has 0 atom stereocenters. The van der Waals surface area contributed by atoms with Crippen LogP contribution in [0.3, 0.4) is 0 Å². The van der Waals surface area contributed by atoms with Crippen molar-refractivity contribution in [1.29, 1.82) is 0 Å². The number of aryl methyl sites for hydroxylation is 1. The smallest absolute Gasteiger partial charge is 0.269 e. The number of hydrogen-bond acceptors (Lipinski definition) is 4. The maximum Gasteiger partial charge on any atom is 0.269 e. The number of anilines is 1. The fourth-order valence-electron chi connectivity index (χ4n) is 2.42. The van der Waals surface area contributed by atoms with Gasteiger partial charge in [-0.2, -0.15) is 0 Å². The van der Waals surface area contributed by atoms with E-state index in [4.69, 9.17) is 0 Å². The Morgan fingerprint density at radius 2 is 1.92 bits per heavy atom. The molecule has 6 nitrogen and oxygen atoms in total. The van der Waals surface area contributed by atoms with E-state index in [1.807, 2.05) is 37.3 Å². The van der Waals surface area contributed by atoms with E-state index in [0.29, 0.717) is 13.1 Å². The summed E-state index contributed by atoms with van der Waals surface area (Å²) in [5.41, 5.74) is 2.59. The van der Waals surface area contributed by atoms with Gasteiger partial charge in [0.25, 0.3) is 5.69 Å². The number of amides is 1. The summed E-state index contributed by atoms with van der Waals surface area (Å²) in [5.74, 6) is -0.0147. The third-order valence-electron chi connectivity index (χ3n) is 3.80. The fraction of sp³-hybridized carbons (Fsp3) is 0.278. The van der Waals surface area contributed by atoms with Gasteiger partial charge in [0.1, 0.15) is 0 Å². The Morgan fingerprint density at radius 3 is 2.50 bits per heavy atom. The minimum atomic E-state index is -0.430. The van der Waals surface area contributed by atoms with Gasteiger partial charge in [0, 0.05) is 30.9 Å². The van der Waals surface area contributed by atoms with Crippen LogP contribution in [0.1, 0.15) is 18.1 Å². The lowest BCUT2D eigenvalue weighted by atomic mass is 10.1. The zero-order chi connectivity index (χ0) is 17.5. The lowest BCUT2D eigenvalue weighted by Crippen LogP contribution is -2.35. The molecule has 0 saturated carbocycles. The normalized spacial score (nSPS) is 10.2. The predicted octanol–water partition coefficient (Wildman–Crippen LogP) is 3.36. The predicted molar refractivity (Wildman–Crippen MR) is 93.9 cm³/mol. The van der Waals surface area contributed by atoms with Crippen LogP contribution in [0.2, 0.25) is 0 Å². The largest absolute Gasteiger partial charge is 0.376 e. The Balaban J connectivity index is 1.97. The SMILES string of the molecule is CCN(Cc1ccccc1)C(=O)CNc1ccc([N+](=O)[O-])cc1C. The summed E-state index contributed by atoms with van der Waals surface area (Å²) in [4.78, 5) is 24.5. The Bertz CT molecular complexity index is 717. The third-order valence-corrected chi connectivity index (χ3v) is 3.80. The highest BCUT2D eigenvalue weighted by molar-refractivity contribution is 5.81. The van der Waals surface area contributed by atoms with E-state index >= 15 is 0 Å². The molecule has 0 heterocycles. The molecule has 2 rings (SSSR count). The Morgan fingerprint density at radius 1 is 1.21 bits per heavy atom. The number of carbonyl (C=O) groups is 1. The Labute approximate surface area is 141 Å². The van der Waals surface area contributed by atoms with Gasteiger partial charge >= 0.3 is 0 Å². The first kappa shape index (κ1) is 17.5. The van der Waals surface area contributed by atoms with Crippen molar-refractivity contribution in [1.82, 2.24) is 4.90 Å². The highest BCUT2D eigenvalue weighted by Gasteiger charge is 2.13. The van der Waals surface area contributed by atoms with Crippen LogP contribution in [0.5, 0.6) is 0 Å². The molecule has 0 aromatic heterocycles. The van der Waals surface area contributed by atoms with Crippen LogP contribution in [-0.2, 0) is 11.3 Å². The molecular weight excluding hydrogens is 306 g/mol. The number of rotatable bonds is 7. The van der Waals surface area contributed by atoms with Crippen LogP contribution in [0, 0.1) is 17.0 Å². The number of likely N-dealkylation sites (N-methyl/N-ethyl adjacent to an activating group) is 1. The third kappa shape index (κ3) is 4.55. The van der Waals surface area contributed by atoms with Crippen LogP contribution in [-0.4, -0.2) is 28.8 Å². The van der Waals surface area contributed by atoms with E-state index in [0.717, 1.165) is 16.8 Å². The summed E-state index contributed by atoms with van der Waals surface area (Å²) in [6.45, 7) is 5.06. The molecule has 2 aromatic carbocycles. The molecule has 0 saturated heterocycles. The van der Waals surface area contributed by atoms with E-state index < -0.39 is 4.92 Å². The number of benzene rings is 2. The summed E-state index contributed by atoms with van der Waals surface area (Å²) < 4.78 is 0. The monoisotopic (exact) mass is 327 g/mol. The number of nitro benzene ring substituents is 1. The molecule has 1 amide bonds. The van der Waals surface area contributed by atoms with Gasteiger partial charge in [-0.25, -0.2) is 0 Å². The Kier molecular flexibility index (Phi) is 5.89. The molecule has 24 heavy (non-hydrogen) atoms. The number of non-ortho nitro benzene ring substituents is 1. The fourth-order valence-corrected chi connectivity index (χ4v) is 2.42. The standard InChI is InChI=1S/C18H21N3O3/c1-3-20(13-15-7-5-4-6-8-15)18(22)12-19-17-10-9-16(21(23)24)11-14(17)2/h4-11,19H,3,12-13H2,1-2H3. The van der Waals surface area contributed by atoms with Gasteiger partial charge in [-0.05, 0) is 31.0 Å². The summed E-state index contributed by atoms with van der Waals surface area (Å²) in [7, 11) is 0. The highest BCUT2D eigenvalue weighted by Crippen LogP contribution is 2.21. The van der Waals surface area contributed by atoms with E-state index in [1.54, 1.807) is 17.9 Å². The summed E-state index contributed by atoms with van der Waals surface area (Å²) in [5, 5.41) is 13.8. The van der Waals surface area contributed by atoms with Crippen molar-refractivity contribution in [2.24, 2.45) is 0 Å². The summed E-state index contributed by atoms with van der Waals surface area (Å²) in [6.07, 6.45) is 0. The van der Waals surface area contributed by atoms with Gasteiger partial charge < -0.3 is 10.2 Å². The van der Waals surface area contributed by atoms with Crippen LogP contribution in [0.25, 0.3) is 0 Å². The average molecular weight is 327 g/mol. The maximum absolute atomic E-state index is 12.4. The summed E-state index contributed by atoms with van der Waals surface area (Å²) >= 11 is 0. The molecule has 0 aliphatic heterocycles. The molecule has 0 fully saturated rings. The molecule has 2 aromatic rings. The lowest BCUT2D eigenvalue weighted by molar-refractivity contribution is -0.384. The molecule has 126 valence electrons. The minimum absolute atomic E-state index is 0.0147. The number of nitrogens with one attached hydrogen (secondary N) is 1. The van der Waals surface area contributed by atoms with Crippen molar-refractivity contribution in [3.63, 3.8) is 0 Å². The zero-order valence-electron chi connectivity index (χ0n) is 13.9. The van der Waals surface area contributed by atoms with Crippen molar-refractivity contribution in [2.75, 3.05) is 18.4 Å². The van der Waals surface area contributed by atoms with Gasteiger partial charge in [0.15, 0.2) is 0 Å². The summed E-state index contributed by atoms with van der Waals surface area (Å²) in [6, 6.07) is 14.4. The first-order valence-corrected chi connectivity index (χ1v) is 7.82. The van der Waals surface area contributed by atoms with Crippen molar-refractivity contribution < 1.29 is 9.72 Å². The average Bonchev–Trinajstić information content (AvgIpc) is 2.59. The minimum Gasteiger partial charge on any atom is -0.376 e. The molecule has 0 unspecified atom stereocenters. The van der Waals surface area contributed by atoms with Gasteiger partial charge in [0.2, 0.25) is 5.91 Å². The first-order chi connectivity index (χ1) is 11.5. The molecular formula is C18H21N3O3. The molecule has 1 N–H and O–H groups in total. The molecule has 0 bridgehead atoms. The van der Waals surface area contributed by atoms with Gasteiger partial charge in [0.05, 0.1) is 11.5 Å². The van der Waals surface area contributed by atoms with E-state index in [1.165, 1.54) is 12.1 Å². The number of hydrogen-bond donors (Lipinski definition) is 1. The van der Waals surface area contributed by atoms with Crippen molar-refractivity contribution in [2.45, 2.75) is 20.4 Å². The van der Waals surface area contributed by atoms with Crippen LogP contribution < -0.4 is 5.32 Å². The lowest BCUT2D eigenvalue weighted by Gasteiger charge is -2.21. The van der Waals surface area contributed by atoms with Crippen LogP contribution in [0.15, 0.2) is 48.5 Å². The molecule has 0 spiro atoms. The molecule has 0 radical (unpaired) electrons. The number of nitro groups is 1. The molecule has 0 aliphatic carbocycles. The zero-order valence-corrected chi connectivity index (χ0v) is 13.9. The topological polar surface area (TPSA) is 75.5 Å². The van der Waals surface area contributed by atoms with Gasteiger partial charge in [-0.1, -0.05) is 30.3 Å². The van der Waals surface area contributed by atoms with Crippen molar-refractivity contribution in [3.8, 4) is 0 Å². The highest BCUT2D eigenvalue weighted by atomic mass is 16.6. The second kappa shape index (κ2) is 8.10. The number of nitrogens with zero attached hydrogens (tertiary/aromatic N) is 2. The quantitative estimate of drug-likeness (QED) is 0.625. The van der Waals surface area contributed by atoms with Crippen molar-refractivity contribution >= 4 is 17.3 Å². The Hall–Kier alpha value is -2.89. The second-order valence-electron chi connectivity index (χ2n) is 5.50. The van der Waals surface area contributed by atoms with Crippen molar-refractivity contribution in [3.05, 3.63) is 69.8 Å². The molecule has 6 heteroatoms. The van der Waals surface area contributed by atoms with E-state index in [9.17, 15) is 14.9 Å². The molecule has 0 aliphatic rings. The van der Waals surface area contributed by atoms with E-state index in [-0.39, 0.29) is 18.1 Å². The first-order valence-electron chi connectivity index (χ1n) is 7.82. The second-order valence-corrected chi connectivity index (χ2v) is 5.50. The van der Waals surface area contributed by atoms with E-state index in [2.05, 4.69) is 5.32 Å². The van der Waals surface area contributed by atoms with Gasteiger partial charge in [-0.3, -0.25) is 14.9 Å². The van der Waals surface area contributed by atoms with Crippen LogP contribution >= 0.6 is 0 Å². The number of carbonyl (C=O) groups excluding carboxylic acids is 1. The van der Waals surface area contributed by atoms with Gasteiger partial charge in [-0.15, -0.1) is 0 Å².